The summed E-state index contributed by atoms with van der Waals surface area (Å²) in [5.74, 6) is 3.26. The maximum Gasteiger partial charge on any atom is 0.236 e. The number of likely N-dealkylation sites (N-methyl/N-ethyl adjacent to an activating group) is 1. The van der Waals surface area contributed by atoms with Gasteiger partial charge in [0.05, 0.1) is 19.3 Å². The first kappa shape index (κ1) is 15.9. The number of carbonyl (C=O) groups excluding carboxylic acids is 1. The predicted octanol–water partition coefficient (Wildman–Crippen LogP) is 2.38. The van der Waals surface area contributed by atoms with Crippen molar-refractivity contribution in [1.82, 2.24) is 9.80 Å². The zero-order valence-electron chi connectivity index (χ0n) is 14.8. The van der Waals surface area contributed by atoms with Crippen LogP contribution in [-0.2, 0) is 9.53 Å². The van der Waals surface area contributed by atoms with Crippen LogP contribution in [0.25, 0.3) is 0 Å². The van der Waals surface area contributed by atoms with E-state index in [0.717, 1.165) is 37.4 Å². The summed E-state index contributed by atoms with van der Waals surface area (Å²) >= 11 is 0. The molecule has 1 atom stereocenters. The third-order valence-electron chi connectivity index (χ3n) is 6.77. The van der Waals surface area contributed by atoms with Crippen LogP contribution >= 0.6 is 0 Å². The molecule has 0 N–H and O–H groups in total. The zero-order chi connectivity index (χ0) is 16.0. The van der Waals surface area contributed by atoms with E-state index in [1.807, 2.05) is 4.90 Å². The van der Waals surface area contributed by atoms with Crippen LogP contribution in [0, 0.1) is 23.2 Å². The van der Waals surface area contributed by atoms with Gasteiger partial charge in [-0.25, -0.2) is 0 Å². The van der Waals surface area contributed by atoms with E-state index in [4.69, 9.17) is 4.74 Å². The molecule has 0 aromatic heterocycles. The van der Waals surface area contributed by atoms with Gasteiger partial charge in [-0.15, -0.1) is 0 Å². The van der Waals surface area contributed by atoms with Gasteiger partial charge in [0.1, 0.15) is 0 Å². The third kappa shape index (κ3) is 3.30. The van der Waals surface area contributed by atoms with Crippen molar-refractivity contribution in [2.75, 3.05) is 39.8 Å². The Morgan fingerprint density at radius 2 is 1.78 bits per heavy atom. The first-order chi connectivity index (χ1) is 11.0. The monoisotopic (exact) mass is 320 g/mol. The summed E-state index contributed by atoms with van der Waals surface area (Å²) in [5, 5.41) is 0. The SMILES string of the molecule is C[C@@H]1CN(C(=O)CN(C)CC23CC4CC(CC(C4)C2)C3)CCO1. The Hall–Kier alpha value is -0.610. The van der Waals surface area contributed by atoms with E-state index in [9.17, 15) is 4.79 Å². The number of nitrogens with zero attached hydrogens (tertiary/aromatic N) is 2. The van der Waals surface area contributed by atoms with Crippen molar-refractivity contribution in [2.24, 2.45) is 23.2 Å². The highest BCUT2D eigenvalue weighted by molar-refractivity contribution is 5.78. The van der Waals surface area contributed by atoms with Crippen LogP contribution < -0.4 is 0 Å². The maximum atomic E-state index is 12.6. The van der Waals surface area contributed by atoms with Crippen LogP contribution in [0.2, 0.25) is 0 Å². The van der Waals surface area contributed by atoms with Crippen molar-refractivity contribution in [2.45, 2.75) is 51.6 Å². The summed E-state index contributed by atoms with van der Waals surface area (Å²) in [4.78, 5) is 16.9. The molecular formula is C19H32N2O2. The van der Waals surface area contributed by atoms with E-state index in [-0.39, 0.29) is 12.0 Å². The lowest BCUT2D eigenvalue weighted by Gasteiger charge is -2.57. The van der Waals surface area contributed by atoms with E-state index < -0.39 is 0 Å². The minimum atomic E-state index is 0.182. The molecule has 0 unspecified atom stereocenters. The van der Waals surface area contributed by atoms with Gasteiger partial charge >= 0.3 is 0 Å². The van der Waals surface area contributed by atoms with Gasteiger partial charge in [-0.05, 0) is 75.7 Å². The molecule has 4 aliphatic carbocycles. The van der Waals surface area contributed by atoms with Crippen molar-refractivity contribution in [3.05, 3.63) is 0 Å². The summed E-state index contributed by atoms with van der Waals surface area (Å²) < 4.78 is 5.55. The molecule has 4 nitrogen and oxygen atoms in total. The smallest absolute Gasteiger partial charge is 0.236 e. The van der Waals surface area contributed by atoms with Crippen molar-refractivity contribution in [3.63, 3.8) is 0 Å². The second-order valence-corrected chi connectivity index (χ2v) is 9.11. The molecule has 5 fully saturated rings. The number of hydrogen-bond donors (Lipinski definition) is 0. The lowest BCUT2D eigenvalue weighted by molar-refractivity contribution is -0.140. The summed E-state index contributed by atoms with van der Waals surface area (Å²) in [7, 11) is 2.15. The number of rotatable bonds is 4. The van der Waals surface area contributed by atoms with Crippen molar-refractivity contribution < 1.29 is 9.53 Å². The first-order valence-electron chi connectivity index (χ1n) is 9.59. The van der Waals surface area contributed by atoms with Crippen LogP contribution in [0.1, 0.15) is 45.4 Å². The summed E-state index contributed by atoms with van der Waals surface area (Å²) in [6, 6.07) is 0. The lowest BCUT2D eigenvalue weighted by Crippen LogP contribution is -2.53. The molecule has 1 saturated heterocycles. The van der Waals surface area contributed by atoms with E-state index >= 15 is 0 Å². The summed E-state index contributed by atoms with van der Waals surface area (Å²) in [5.41, 5.74) is 0.530. The molecule has 0 radical (unpaired) electrons. The van der Waals surface area contributed by atoms with Gasteiger partial charge in [-0.1, -0.05) is 0 Å². The number of hydrogen-bond acceptors (Lipinski definition) is 3. The Kier molecular flexibility index (Phi) is 4.17. The Balaban J connectivity index is 1.33. The zero-order valence-corrected chi connectivity index (χ0v) is 14.8. The molecule has 1 heterocycles. The minimum absolute atomic E-state index is 0.182. The highest BCUT2D eigenvalue weighted by atomic mass is 16.5. The van der Waals surface area contributed by atoms with Gasteiger partial charge in [-0.3, -0.25) is 9.69 Å². The van der Waals surface area contributed by atoms with Crippen LogP contribution in [-0.4, -0.2) is 61.6 Å². The quantitative estimate of drug-likeness (QED) is 0.797. The van der Waals surface area contributed by atoms with Gasteiger partial charge in [0, 0.05) is 19.6 Å². The van der Waals surface area contributed by atoms with Gasteiger partial charge in [-0.2, -0.15) is 0 Å². The second kappa shape index (κ2) is 6.03. The highest BCUT2D eigenvalue weighted by Crippen LogP contribution is 2.60. The Morgan fingerprint density at radius 3 is 2.35 bits per heavy atom. The fourth-order valence-corrected chi connectivity index (χ4v) is 6.49. The van der Waals surface area contributed by atoms with Gasteiger partial charge in [0.2, 0.25) is 5.91 Å². The molecule has 23 heavy (non-hydrogen) atoms. The van der Waals surface area contributed by atoms with Crippen LogP contribution in [0.4, 0.5) is 0 Å². The fourth-order valence-electron chi connectivity index (χ4n) is 6.49. The van der Waals surface area contributed by atoms with E-state index in [0.29, 0.717) is 18.6 Å². The van der Waals surface area contributed by atoms with Crippen molar-refractivity contribution in [1.29, 1.82) is 0 Å². The van der Waals surface area contributed by atoms with Gasteiger partial charge < -0.3 is 9.64 Å². The van der Waals surface area contributed by atoms with Crippen molar-refractivity contribution >= 4 is 5.91 Å². The fraction of sp³-hybridized carbons (Fsp3) is 0.947. The highest BCUT2D eigenvalue weighted by Gasteiger charge is 2.51. The summed E-state index contributed by atoms with van der Waals surface area (Å²) in [6.07, 6.45) is 8.93. The average molecular weight is 320 g/mol. The molecule has 5 aliphatic rings. The Bertz CT molecular complexity index is 429. The molecule has 5 rings (SSSR count). The number of amides is 1. The largest absolute Gasteiger partial charge is 0.375 e. The van der Waals surface area contributed by atoms with E-state index in [1.165, 1.54) is 38.5 Å². The number of carbonyl (C=O) groups is 1. The van der Waals surface area contributed by atoms with Crippen LogP contribution in [0.3, 0.4) is 0 Å². The molecule has 0 aromatic carbocycles. The van der Waals surface area contributed by atoms with E-state index in [2.05, 4.69) is 18.9 Å². The minimum Gasteiger partial charge on any atom is -0.375 e. The topological polar surface area (TPSA) is 32.8 Å². The molecule has 1 amide bonds. The predicted molar refractivity (Wildman–Crippen MR) is 90.1 cm³/mol. The maximum absolute atomic E-state index is 12.6. The molecule has 130 valence electrons. The Morgan fingerprint density at radius 1 is 1.17 bits per heavy atom. The van der Waals surface area contributed by atoms with Gasteiger partial charge in [0.15, 0.2) is 0 Å². The van der Waals surface area contributed by atoms with Crippen LogP contribution in [0.5, 0.6) is 0 Å². The summed E-state index contributed by atoms with van der Waals surface area (Å²) in [6.45, 7) is 5.96. The number of ether oxygens (including phenoxy) is 1. The normalized spacial score (nSPS) is 42.5. The molecule has 1 aliphatic heterocycles. The average Bonchev–Trinajstić information content (AvgIpc) is 2.44. The second-order valence-electron chi connectivity index (χ2n) is 9.11. The molecule has 4 heteroatoms. The molecule has 4 bridgehead atoms. The van der Waals surface area contributed by atoms with Gasteiger partial charge in [0.25, 0.3) is 0 Å². The number of morpholine rings is 1. The first-order valence-corrected chi connectivity index (χ1v) is 9.59. The third-order valence-corrected chi connectivity index (χ3v) is 6.77. The standard InChI is InChI=1S/C19H32N2O2/c1-14-11-21(3-4-23-14)18(22)12-20(2)13-19-8-15-5-16(9-19)7-17(6-15)10-19/h14-17H,3-13H2,1-2H3/t14-,15?,16?,17?,19?/m1/s1. The molecular weight excluding hydrogens is 288 g/mol. The van der Waals surface area contributed by atoms with Crippen molar-refractivity contribution in [3.8, 4) is 0 Å². The molecule has 4 saturated carbocycles. The van der Waals surface area contributed by atoms with E-state index in [1.54, 1.807) is 0 Å². The molecule has 0 spiro atoms. The Labute approximate surface area is 140 Å². The molecule has 0 aromatic rings. The lowest BCUT2D eigenvalue weighted by atomic mass is 9.49. The van der Waals surface area contributed by atoms with Crippen LogP contribution in [0.15, 0.2) is 0 Å².